The van der Waals surface area contributed by atoms with E-state index in [1.165, 1.54) is 0 Å². The van der Waals surface area contributed by atoms with E-state index in [2.05, 4.69) is 10.3 Å². The molecule has 0 atom stereocenters. The lowest BCUT2D eigenvalue weighted by molar-refractivity contribution is -0.137. The molecule has 0 radical (unpaired) electrons. The number of nitrogens with one attached hydrogen (secondary N) is 3. The lowest BCUT2D eigenvalue weighted by Gasteiger charge is -2.03. The molecular formula is C10H13N3O5. The molecule has 1 amide bonds. The molecule has 0 aliphatic heterocycles. The van der Waals surface area contributed by atoms with E-state index in [9.17, 15) is 19.2 Å². The van der Waals surface area contributed by atoms with E-state index in [1.807, 2.05) is 4.98 Å². The van der Waals surface area contributed by atoms with Crippen molar-refractivity contribution in [2.75, 3.05) is 6.54 Å². The molecule has 0 aliphatic carbocycles. The number of carboxylic acids is 1. The van der Waals surface area contributed by atoms with Crippen LogP contribution in [0, 0.1) is 0 Å². The highest BCUT2D eigenvalue weighted by atomic mass is 16.4. The van der Waals surface area contributed by atoms with Crippen molar-refractivity contribution in [1.82, 2.24) is 15.3 Å². The third kappa shape index (κ3) is 4.64. The Bertz CT molecular complexity index is 517. The van der Waals surface area contributed by atoms with E-state index in [0.717, 1.165) is 6.07 Å². The fourth-order valence-corrected chi connectivity index (χ4v) is 1.29. The summed E-state index contributed by atoms with van der Waals surface area (Å²) >= 11 is 0. The van der Waals surface area contributed by atoms with Crippen LogP contribution in [-0.2, 0) is 4.79 Å². The van der Waals surface area contributed by atoms with Crippen molar-refractivity contribution in [1.29, 1.82) is 0 Å². The van der Waals surface area contributed by atoms with E-state index in [1.54, 1.807) is 0 Å². The third-order valence-corrected chi connectivity index (χ3v) is 2.11. The largest absolute Gasteiger partial charge is 0.481 e. The van der Waals surface area contributed by atoms with Gasteiger partial charge in [0.05, 0.1) is 0 Å². The summed E-state index contributed by atoms with van der Waals surface area (Å²) in [5.41, 5.74) is -1.53. The highest BCUT2D eigenvalue weighted by molar-refractivity contribution is 5.91. The number of aromatic nitrogens is 2. The van der Waals surface area contributed by atoms with Gasteiger partial charge >= 0.3 is 11.7 Å². The van der Waals surface area contributed by atoms with Crippen molar-refractivity contribution in [2.24, 2.45) is 0 Å². The van der Waals surface area contributed by atoms with Crippen LogP contribution in [0.3, 0.4) is 0 Å². The molecule has 8 nitrogen and oxygen atoms in total. The number of unbranched alkanes of at least 4 members (excludes halogenated alkanes) is 1. The molecule has 0 saturated carbocycles. The van der Waals surface area contributed by atoms with Gasteiger partial charge in [-0.15, -0.1) is 0 Å². The van der Waals surface area contributed by atoms with Crippen LogP contribution in [0.1, 0.15) is 29.8 Å². The number of aliphatic carboxylic acids is 1. The number of carboxylic acid groups (broad SMARTS) is 1. The Balaban J connectivity index is 2.43. The quantitative estimate of drug-likeness (QED) is 0.486. The first-order chi connectivity index (χ1) is 8.49. The van der Waals surface area contributed by atoms with Gasteiger partial charge < -0.3 is 15.4 Å². The summed E-state index contributed by atoms with van der Waals surface area (Å²) in [5.74, 6) is -1.46. The Labute approximate surface area is 101 Å². The van der Waals surface area contributed by atoms with Gasteiger partial charge in [0.2, 0.25) is 0 Å². The van der Waals surface area contributed by atoms with Gasteiger partial charge in [-0.2, -0.15) is 0 Å². The van der Waals surface area contributed by atoms with E-state index in [4.69, 9.17) is 5.11 Å². The zero-order valence-corrected chi connectivity index (χ0v) is 9.49. The summed E-state index contributed by atoms with van der Waals surface area (Å²) in [6, 6.07) is 0.980. The minimum Gasteiger partial charge on any atom is -0.481 e. The van der Waals surface area contributed by atoms with Crippen LogP contribution < -0.4 is 16.6 Å². The highest BCUT2D eigenvalue weighted by Gasteiger charge is 2.07. The number of aromatic amines is 2. The molecule has 0 spiro atoms. The molecule has 0 saturated heterocycles. The summed E-state index contributed by atoms with van der Waals surface area (Å²) in [6.07, 6.45) is 0.991. The first-order valence-corrected chi connectivity index (χ1v) is 5.32. The highest BCUT2D eigenvalue weighted by Crippen LogP contribution is 1.94. The van der Waals surface area contributed by atoms with Gasteiger partial charge in [0.15, 0.2) is 0 Å². The number of carbonyl (C=O) groups is 2. The third-order valence-electron chi connectivity index (χ3n) is 2.11. The number of rotatable bonds is 6. The molecule has 0 unspecified atom stereocenters. The monoisotopic (exact) mass is 255 g/mol. The maximum atomic E-state index is 11.5. The maximum absolute atomic E-state index is 11.5. The number of hydrogen-bond donors (Lipinski definition) is 4. The van der Waals surface area contributed by atoms with Crippen molar-refractivity contribution in [2.45, 2.75) is 19.3 Å². The first-order valence-electron chi connectivity index (χ1n) is 5.32. The lowest BCUT2D eigenvalue weighted by atomic mass is 10.2. The lowest BCUT2D eigenvalue weighted by Crippen LogP contribution is -2.31. The van der Waals surface area contributed by atoms with Crippen LogP contribution >= 0.6 is 0 Å². The second kappa shape index (κ2) is 6.38. The van der Waals surface area contributed by atoms with Gasteiger partial charge in [-0.1, -0.05) is 0 Å². The van der Waals surface area contributed by atoms with E-state index < -0.39 is 23.1 Å². The van der Waals surface area contributed by atoms with Crippen LogP contribution in [0.2, 0.25) is 0 Å². The predicted molar refractivity (Wildman–Crippen MR) is 61.5 cm³/mol. The van der Waals surface area contributed by atoms with Gasteiger partial charge in [-0.3, -0.25) is 19.4 Å². The van der Waals surface area contributed by atoms with Gasteiger partial charge in [0.1, 0.15) is 5.69 Å². The Kier molecular flexibility index (Phi) is 4.85. The second-order valence-electron chi connectivity index (χ2n) is 3.61. The van der Waals surface area contributed by atoms with Crippen LogP contribution in [0.15, 0.2) is 15.7 Å². The predicted octanol–water partition coefficient (Wildman–Crippen LogP) is -0.952. The molecule has 0 bridgehead atoms. The van der Waals surface area contributed by atoms with Crippen molar-refractivity contribution < 1.29 is 14.7 Å². The summed E-state index contributed by atoms with van der Waals surface area (Å²) in [5, 5.41) is 10.9. The van der Waals surface area contributed by atoms with Crippen LogP contribution in [0.25, 0.3) is 0 Å². The van der Waals surface area contributed by atoms with E-state index in [0.29, 0.717) is 12.8 Å². The summed E-state index contributed by atoms with van der Waals surface area (Å²) in [4.78, 5) is 47.7. The number of H-pyrrole nitrogens is 2. The zero-order valence-electron chi connectivity index (χ0n) is 9.49. The van der Waals surface area contributed by atoms with Gasteiger partial charge in [0, 0.05) is 19.0 Å². The Morgan fingerprint density at radius 2 is 1.94 bits per heavy atom. The minimum absolute atomic E-state index is 0.0394. The molecular weight excluding hydrogens is 242 g/mol. The van der Waals surface area contributed by atoms with Crippen molar-refractivity contribution in [3.05, 3.63) is 32.6 Å². The molecule has 1 aromatic rings. The fourth-order valence-electron chi connectivity index (χ4n) is 1.29. The van der Waals surface area contributed by atoms with E-state index >= 15 is 0 Å². The smallest absolute Gasteiger partial charge is 0.326 e. The molecule has 0 fully saturated rings. The fraction of sp³-hybridized carbons (Fsp3) is 0.400. The second-order valence-corrected chi connectivity index (χ2v) is 3.61. The Morgan fingerprint density at radius 3 is 2.56 bits per heavy atom. The topological polar surface area (TPSA) is 132 Å². The SMILES string of the molecule is O=C(O)CCCCNC(=O)c1cc(=O)[nH]c(=O)[nH]1. The number of carbonyl (C=O) groups excluding carboxylic acids is 1. The number of amides is 1. The molecule has 8 heteroatoms. The Morgan fingerprint density at radius 1 is 1.22 bits per heavy atom. The molecule has 0 aromatic carbocycles. The van der Waals surface area contributed by atoms with Crippen LogP contribution in [-0.4, -0.2) is 33.5 Å². The first kappa shape index (κ1) is 13.7. The number of hydrogen-bond acceptors (Lipinski definition) is 4. The summed E-state index contributed by atoms with van der Waals surface area (Å²) < 4.78 is 0. The molecule has 0 aliphatic rings. The standard InChI is InChI=1S/C10H13N3O5/c14-7-5-6(12-10(18)13-7)9(17)11-4-2-1-3-8(15)16/h5H,1-4H2,(H,11,17)(H,15,16)(H2,12,13,14,18). The van der Waals surface area contributed by atoms with Crippen molar-refractivity contribution in [3.8, 4) is 0 Å². The van der Waals surface area contributed by atoms with Gasteiger partial charge in [-0.25, -0.2) is 4.79 Å². The van der Waals surface area contributed by atoms with Crippen LogP contribution in [0.4, 0.5) is 0 Å². The normalized spacial score (nSPS) is 10.0. The minimum atomic E-state index is -0.889. The zero-order chi connectivity index (χ0) is 13.5. The molecule has 4 N–H and O–H groups in total. The molecule has 98 valence electrons. The molecule has 1 rings (SSSR count). The van der Waals surface area contributed by atoms with Gasteiger partial charge in [-0.05, 0) is 12.8 Å². The molecule has 1 aromatic heterocycles. The van der Waals surface area contributed by atoms with Gasteiger partial charge in [0.25, 0.3) is 11.5 Å². The average molecular weight is 255 g/mol. The summed E-state index contributed by atoms with van der Waals surface area (Å²) in [7, 11) is 0. The van der Waals surface area contributed by atoms with Crippen LogP contribution in [0.5, 0.6) is 0 Å². The van der Waals surface area contributed by atoms with E-state index in [-0.39, 0.29) is 18.7 Å². The Hall–Kier alpha value is -2.38. The van der Waals surface area contributed by atoms with Crippen molar-refractivity contribution >= 4 is 11.9 Å². The molecule has 1 heterocycles. The molecule has 18 heavy (non-hydrogen) atoms. The van der Waals surface area contributed by atoms with Crippen molar-refractivity contribution in [3.63, 3.8) is 0 Å². The average Bonchev–Trinajstić information content (AvgIpc) is 2.26. The summed E-state index contributed by atoms with van der Waals surface area (Å²) in [6.45, 7) is 0.279. The maximum Gasteiger partial charge on any atom is 0.326 e.